The summed E-state index contributed by atoms with van der Waals surface area (Å²) in [6.45, 7) is 3.65. The van der Waals surface area contributed by atoms with Gasteiger partial charge in [0.05, 0.1) is 15.8 Å². The number of aryl methyl sites for hydroxylation is 2. The second-order valence-corrected chi connectivity index (χ2v) is 9.67. The van der Waals surface area contributed by atoms with Crippen molar-refractivity contribution in [2.75, 3.05) is 6.54 Å². The van der Waals surface area contributed by atoms with Crippen LogP contribution in [-0.4, -0.2) is 29.5 Å². The fraction of sp³-hybridized carbons (Fsp3) is 0.348. The van der Waals surface area contributed by atoms with Crippen molar-refractivity contribution in [3.8, 4) is 0 Å². The van der Waals surface area contributed by atoms with Crippen molar-refractivity contribution in [2.45, 2.75) is 44.2 Å². The number of carbonyl (C=O) groups excluding carboxylic acids is 2. The Hall–Kier alpha value is -3.07. The van der Waals surface area contributed by atoms with E-state index in [0.29, 0.717) is 5.56 Å². The lowest BCUT2D eigenvalue weighted by atomic mass is 9.92. The van der Waals surface area contributed by atoms with Gasteiger partial charge in [0.15, 0.2) is 0 Å². The fourth-order valence-corrected chi connectivity index (χ4v) is 5.54. The van der Waals surface area contributed by atoms with E-state index in [1.807, 2.05) is 19.1 Å². The molecule has 1 aliphatic heterocycles. The van der Waals surface area contributed by atoms with E-state index in [2.05, 4.69) is 27.0 Å². The summed E-state index contributed by atoms with van der Waals surface area (Å²) in [4.78, 5) is 29.9. The first-order valence-electron chi connectivity index (χ1n) is 10.5. The summed E-state index contributed by atoms with van der Waals surface area (Å²) in [5, 5.41) is 9.00. The van der Waals surface area contributed by atoms with Gasteiger partial charge in [-0.05, 0) is 62.1 Å². The maximum Gasteiger partial charge on any atom is 0.316 e. The lowest BCUT2D eigenvalue weighted by molar-refractivity contribution is -0.120. The van der Waals surface area contributed by atoms with E-state index >= 15 is 0 Å². The van der Waals surface area contributed by atoms with E-state index in [4.69, 9.17) is 0 Å². The smallest absolute Gasteiger partial charge is 0.316 e. The third-order valence-electron chi connectivity index (χ3n) is 6.12. The third kappa shape index (κ3) is 3.60. The zero-order valence-corrected chi connectivity index (χ0v) is 18.4. The Morgan fingerprint density at radius 1 is 1.16 bits per heavy atom. The standard InChI is InChI=1S/C23H22F2N4O2S/c1-11-3-4-16-17(9-11)32-21(27-16)23(5-6-23)29-22(31)28-19-13(10-26-20(19)30)18-14(24)7-12(2)8-15(18)25/h3-4,7-9,13,19H,5-6,10H2,1-2H3,(H,26,30)(H2,28,29,31)/t13-,19-/m0/s1. The van der Waals surface area contributed by atoms with Crippen LogP contribution in [0.4, 0.5) is 13.6 Å². The summed E-state index contributed by atoms with van der Waals surface area (Å²) < 4.78 is 30.1. The van der Waals surface area contributed by atoms with Crippen LogP contribution in [-0.2, 0) is 10.3 Å². The van der Waals surface area contributed by atoms with Crippen LogP contribution in [0.15, 0.2) is 30.3 Å². The Labute approximate surface area is 187 Å². The molecule has 6 nitrogen and oxygen atoms in total. The van der Waals surface area contributed by atoms with E-state index in [1.54, 1.807) is 6.92 Å². The number of halogens is 2. The molecule has 5 rings (SSSR count). The molecule has 2 aromatic carbocycles. The van der Waals surface area contributed by atoms with Crippen molar-refractivity contribution in [1.82, 2.24) is 20.9 Å². The summed E-state index contributed by atoms with van der Waals surface area (Å²) in [7, 11) is 0. The summed E-state index contributed by atoms with van der Waals surface area (Å²) in [5.41, 5.74) is 1.70. The monoisotopic (exact) mass is 456 g/mol. The number of fused-ring (bicyclic) bond motifs is 1. The van der Waals surface area contributed by atoms with Gasteiger partial charge in [-0.2, -0.15) is 0 Å². The normalized spacial score (nSPS) is 21.4. The fourth-order valence-electron chi connectivity index (χ4n) is 4.27. The molecule has 1 aliphatic carbocycles. The average Bonchev–Trinajstić information content (AvgIpc) is 3.23. The SMILES string of the molecule is Cc1cc(F)c([C@@H]2CNC(=O)[C@H]2NC(=O)NC2(c3nc4ccc(C)cc4s3)CC2)c(F)c1. The second kappa shape index (κ2) is 7.51. The number of hydrogen-bond acceptors (Lipinski definition) is 4. The molecular weight excluding hydrogens is 434 g/mol. The number of hydrogen-bond donors (Lipinski definition) is 3. The molecule has 2 aliphatic rings. The third-order valence-corrected chi connectivity index (χ3v) is 7.34. The van der Waals surface area contributed by atoms with Crippen molar-refractivity contribution in [3.05, 3.63) is 63.7 Å². The zero-order valence-electron chi connectivity index (χ0n) is 17.6. The minimum absolute atomic E-state index is 0.0447. The molecule has 2 heterocycles. The summed E-state index contributed by atoms with van der Waals surface area (Å²) in [6.07, 6.45) is 1.47. The zero-order chi connectivity index (χ0) is 22.6. The number of nitrogens with zero attached hydrogens (tertiary/aromatic N) is 1. The van der Waals surface area contributed by atoms with Crippen LogP contribution in [0.25, 0.3) is 10.2 Å². The van der Waals surface area contributed by atoms with Gasteiger partial charge in [-0.25, -0.2) is 18.6 Å². The average molecular weight is 457 g/mol. The first kappa shape index (κ1) is 20.8. The number of rotatable bonds is 4. The molecule has 3 N–H and O–H groups in total. The van der Waals surface area contributed by atoms with Crippen molar-refractivity contribution in [3.63, 3.8) is 0 Å². The second-order valence-electron chi connectivity index (χ2n) is 8.64. The minimum Gasteiger partial charge on any atom is -0.354 e. The predicted molar refractivity (Wildman–Crippen MR) is 118 cm³/mol. The van der Waals surface area contributed by atoms with Crippen molar-refractivity contribution in [1.29, 1.82) is 0 Å². The van der Waals surface area contributed by atoms with E-state index in [9.17, 15) is 18.4 Å². The first-order valence-corrected chi connectivity index (χ1v) is 11.3. The van der Waals surface area contributed by atoms with E-state index in [1.165, 1.54) is 23.5 Å². The summed E-state index contributed by atoms with van der Waals surface area (Å²) in [5.74, 6) is -2.75. The lowest BCUT2D eigenvalue weighted by Crippen LogP contribution is -2.50. The lowest BCUT2D eigenvalue weighted by Gasteiger charge is -2.22. The van der Waals surface area contributed by atoms with Crippen LogP contribution in [0.1, 0.15) is 40.5 Å². The summed E-state index contributed by atoms with van der Waals surface area (Å²) in [6, 6.07) is 6.84. The Balaban J connectivity index is 1.35. The highest BCUT2D eigenvalue weighted by Crippen LogP contribution is 2.48. The van der Waals surface area contributed by atoms with Gasteiger partial charge >= 0.3 is 6.03 Å². The molecule has 1 aromatic heterocycles. The predicted octanol–water partition coefficient (Wildman–Crippen LogP) is 3.76. The van der Waals surface area contributed by atoms with Crippen LogP contribution in [0.3, 0.4) is 0 Å². The molecule has 0 radical (unpaired) electrons. The molecule has 2 atom stereocenters. The number of amides is 3. The maximum atomic E-state index is 14.5. The highest BCUT2D eigenvalue weighted by atomic mass is 32.1. The molecule has 32 heavy (non-hydrogen) atoms. The summed E-state index contributed by atoms with van der Waals surface area (Å²) >= 11 is 1.54. The van der Waals surface area contributed by atoms with Crippen LogP contribution in [0.5, 0.6) is 0 Å². The van der Waals surface area contributed by atoms with Crippen LogP contribution < -0.4 is 16.0 Å². The highest BCUT2D eigenvalue weighted by molar-refractivity contribution is 7.18. The van der Waals surface area contributed by atoms with Crippen LogP contribution >= 0.6 is 11.3 Å². The molecule has 0 bridgehead atoms. The number of nitrogens with one attached hydrogen (secondary N) is 3. The van der Waals surface area contributed by atoms with Crippen LogP contribution in [0, 0.1) is 25.5 Å². The van der Waals surface area contributed by atoms with Crippen molar-refractivity contribution < 1.29 is 18.4 Å². The Morgan fingerprint density at radius 3 is 2.56 bits per heavy atom. The van der Waals surface area contributed by atoms with Gasteiger partial charge in [0, 0.05) is 18.0 Å². The van der Waals surface area contributed by atoms with Gasteiger partial charge in [0.25, 0.3) is 0 Å². The van der Waals surface area contributed by atoms with E-state index in [0.717, 1.165) is 33.6 Å². The molecule has 1 saturated heterocycles. The number of aromatic nitrogens is 1. The van der Waals surface area contributed by atoms with Crippen molar-refractivity contribution in [2.24, 2.45) is 0 Å². The van der Waals surface area contributed by atoms with Gasteiger partial charge in [-0.15, -0.1) is 11.3 Å². The molecular formula is C23H22F2N4O2S. The van der Waals surface area contributed by atoms with Crippen molar-refractivity contribution >= 4 is 33.5 Å². The molecule has 0 unspecified atom stereocenters. The Kier molecular flexibility index (Phi) is 4.88. The minimum atomic E-state index is -1.07. The molecule has 2 fully saturated rings. The van der Waals surface area contributed by atoms with Gasteiger partial charge in [-0.1, -0.05) is 6.07 Å². The van der Waals surface area contributed by atoms with Crippen LogP contribution in [0.2, 0.25) is 0 Å². The number of thiazole rings is 1. The molecule has 1 saturated carbocycles. The van der Waals surface area contributed by atoms with E-state index in [-0.39, 0.29) is 12.1 Å². The molecule has 166 valence electrons. The maximum absolute atomic E-state index is 14.5. The molecule has 9 heteroatoms. The molecule has 0 spiro atoms. The largest absolute Gasteiger partial charge is 0.354 e. The van der Waals surface area contributed by atoms with Gasteiger partial charge in [0.1, 0.15) is 22.7 Å². The number of urea groups is 1. The molecule has 3 amide bonds. The quantitative estimate of drug-likeness (QED) is 0.559. The van der Waals surface area contributed by atoms with Gasteiger partial charge in [0.2, 0.25) is 5.91 Å². The molecule has 3 aromatic rings. The van der Waals surface area contributed by atoms with E-state index < -0.39 is 41.1 Å². The van der Waals surface area contributed by atoms with Gasteiger partial charge in [-0.3, -0.25) is 4.79 Å². The number of carbonyl (C=O) groups is 2. The Bertz CT molecular complexity index is 1230. The topological polar surface area (TPSA) is 83.1 Å². The Morgan fingerprint density at radius 2 is 1.88 bits per heavy atom. The number of benzene rings is 2. The first-order chi connectivity index (χ1) is 15.3. The van der Waals surface area contributed by atoms with Gasteiger partial charge < -0.3 is 16.0 Å². The highest BCUT2D eigenvalue weighted by Gasteiger charge is 2.49.